The van der Waals surface area contributed by atoms with E-state index in [1.165, 1.54) is 37.0 Å². The highest BCUT2D eigenvalue weighted by atomic mass is 16.4. The first-order valence-electron chi connectivity index (χ1n) is 10.6. The van der Waals surface area contributed by atoms with E-state index in [1.54, 1.807) is 0 Å². The number of carboxylic acid groups (broad SMARTS) is 1. The lowest BCUT2D eigenvalue weighted by Gasteiger charge is -2.33. The summed E-state index contributed by atoms with van der Waals surface area (Å²) >= 11 is 0. The Bertz CT molecular complexity index is 506. The maximum atomic E-state index is 12.7. The second-order valence-electron chi connectivity index (χ2n) is 8.83. The molecule has 0 aromatic carbocycles. The number of aliphatic carboxylic acids is 1. The summed E-state index contributed by atoms with van der Waals surface area (Å²) in [5.74, 6) is -0.190. The fourth-order valence-corrected chi connectivity index (χ4v) is 4.52. The van der Waals surface area contributed by atoms with Crippen molar-refractivity contribution in [3.63, 3.8) is 0 Å². The molecule has 6 nitrogen and oxygen atoms in total. The molecular formula is C21H36N2O4. The van der Waals surface area contributed by atoms with Crippen molar-refractivity contribution in [3.8, 4) is 0 Å². The summed E-state index contributed by atoms with van der Waals surface area (Å²) < 4.78 is 0. The normalized spacial score (nSPS) is 23.8. The summed E-state index contributed by atoms with van der Waals surface area (Å²) in [5.41, 5.74) is 0. The highest BCUT2D eigenvalue weighted by Gasteiger charge is 2.31. The average molecular weight is 381 g/mol. The van der Waals surface area contributed by atoms with E-state index in [-0.39, 0.29) is 36.2 Å². The third-order valence-electron chi connectivity index (χ3n) is 5.86. The number of nitrogens with one attached hydrogen (secondary N) is 1. The molecule has 0 radical (unpaired) electrons. The molecule has 154 valence electrons. The van der Waals surface area contributed by atoms with Crippen LogP contribution in [0.1, 0.15) is 78.1 Å². The Morgan fingerprint density at radius 3 is 2.19 bits per heavy atom. The van der Waals surface area contributed by atoms with E-state index in [4.69, 9.17) is 5.11 Å². The number of carbonyl (C=O) groups is 3. The van der Waals surface area contributed by atoms with Crippen LogP contribution in [0.2, 0.25) is 0 Å². The minimum Gasteiger partial charge on any atom is -0.480 e. The molecule has 2 aliphatic rings. The van der Waals surface area contributed by atoms with E-state index >= 15 is 0 Å². The molecule has 0 spiro atoms. The number of rotatable bonds is 8. The van der Waals surface area contributed by atoms with Crippen molar-refractivity contribution in [1.29, 1.82) is 0 Å². The van der Waals surface area contributed by atoms with Gasteiger partial charge >= 0.3 is 5.97 Å². The maximum Gasteiger partial charge on any atom is 0.323 e. The summed E-state index contributed by atoms with van der Waals surface area (Å²) in [7, 11) is 0. The highest BCUT2D eigenvalue weighted by molar-refractivity contribution is 5.83. The molecule has 2 N–H and O–H groups in total. The van der Waals surface area contributed by atoms with Crippen LogP contribution in [0.3, 0.4) is 0 Å². The molecule has 2 amide bonds. The smallest absolute Gasteiger partial charge is 0.323 e. The molecule has 0 saturated heterocycles. The number of carbonyl (C=O) groups excluding carboxylic acids is 2. The van der Waals surface area contributed by atoms with Crippen molar-refractivity contribution in [2.24, 2.45) is 17.8 Å². The van der Waals surface area contributed by atoms with Crippen LogP contribution in [-0.4, -0.2) is 46.9 Å². The zero-order valence-electron chi connectivity index (χ0n) is 16.9. The van der Waals surface area contributed by atoms with Gasteiger partial charge in [0.1, 0.15) is 6.54 Å². The fraction of sp³-hybridized carbons (Fsp3) is 0.857. The lowest BCUT2D eigenvalue weighted by Crippen LogP contribution is -2.45. The monoisotopic (exact) mass is 380 g/mol. The molecule has 27 heavy (non-hydrogen) atoms. The number of hydrogen-bond donors (Lipinski definition) is 2. The number of amides is 2. The van der Waals surface area contributed by atoms with E-state index in [1.807, 2.05) is 13.8 Å². The van der Waals surface area contributed by atoms with Crippen LogP contribution in [0.5, 0.6) is 0 Å². The van der Waals surface area contributed by atoms with Gasteiger partial charge in [-0.3, -0.25) is 14.4 Å². The van der Waals surface area contributed by atoms with Gasteiger partial charge in [-0.15, -0.1) is 0 Å². The van der Waals surface area contributed by atoms with Gasteiger partial charge in [-0.2, -0.15) is 0 Å². The number of nitrogens with zero attached hydrogens (tertiary/aromatic N) is 1. The fourth-order valence-electron chi connectivity index (χ4n) is 4.52. The third kappa shape index (κ3) is 7.51. The quantitative estimate of drug-likeness (QED) is 0.677. The molecule has 0 aromatic heterocycles. The second kappa shape index (κ2) is 10.7. The SMILES string of the molecule is CC(C)CN(CC(=O)O)C(=O)C1CCC(NC(=O)CC2CCCCC2)CC1. The van der Waals surface area contributed by atoms with Gasteiger partial charge < -0.3 is 15.3 Å². The topological polar surface area (TPSA) is 86.7 Å². The molecule has 2 aliphatic carbocycles. The molecule has 2 fully saturated rings. The van der Waals surface area contributed by atoms with E-state index < -0.39 is 5.97 Å². The Morgan fingerprint density at radius 1 is 1.00 bits per heavy atom. The predicted molar refractivity (Wildman–Crippen MR) is 104 cm³/mol. The van der Waals surface area contributed by atoms with Crippen molar-refractivity contribution in [3.05, 3.63) is 0 Å². The van der Waals surface area contributed by atoms with Crippen molar-refractivity contribution >= 4 is 17.8 Å². The van der Waals surface area contributed by atoms with Crippen molar-refractivity contribution < 1.29 is 19.5 Å². The molecule has 0 aromatic rings. The lowest BCUT2D eigenvalue weighted by atomic mass is 9.84. The predicted octanol–water partition coefficient (Wildman–Crippen LogP) is 3.20. The summed E-state index contributed by atoms with van der Waals surface area (Å²) in [4.78, 5) is 37.6. The van der Waals surface area contributed by atoms with Crippen LogP contribution in [0.4, 0.5) is 0 Å². The van der Waals surface area contributed by atoms with Gasteiger partial charge in [0.2, 0.25) is 11.8 Å². The zero-order valence-corrected chi connectivity index (χ0v) is 16.9. The second-order valence-corrected chi connectivity index (χ2v) is 8.83. The molecule has 6 heteroatoms. The zero-order chi connectivity index (χ0) is 19.8. The minimum absolute atomic E-state index is 0.0434. The molecule has 0 unspecified atom stereocenters. The first-order chi connectivity index (χ1) is 12.8. The van der Waals surface area contributed by atoms with E-state index in [9.17, 15) is 14.4 Å². The molecule has 0 heterocycles. The Kier molecular flexibility index (Phi) is 8.58. The minimum atomic E-state index is -0.965. The number of carboxylic acids is 1. The molecule has 2 rings (SSSR count). The maximum absolute atomic E-state index is 12.7. The molecule has 0 atom stereocenters. The van der Waals surface area contributed by atoms with Crippen LogP contribution in [0, 0.1) is 17.8 Å². The Labute approximate surface area is 163 Å². The molecular weight excluding hydrogens is 344 g/mol. The summed E-state index contributed by atoms with van der Waals surface area (Å²) in [6, 6.07) is 0.156. The standard InChI is InChI=1S/C21H36N2O4/c1-15(2)13-23(14-20(25)26)21(27)17-8-10-18(11-9-17)22-19(24)12-16-6-4-3-5-7-16/h15-18H,3-14H2,1-2H3,(H,22,24)(H,25,26). The van der Waals surface area contributed by atoms with E-state index in [2.05, 4.69) is 5.32 Å². The van der Waals surface area contributed by atoms with Crippen LogP contribution in [0.25, 0.3) is 0 Å². The van der Waals surface area contributed by atoms with Gasteiger partial charge in [0.15, 0.2) is 0 Å². The molecule has 0 bridgehead atoms. The highest BCUT2D eigenvalue weighted by Crippen LogP contribution is 2.28. The van der Waals surface area contributed by atoms with E-state index in [0.29, 0.717) is 18.9 Å². The largest absolute Gasteiger partial charge is 0.480 e. The van der Waals surface area contributed by atoms with Crippen LogP contribution >= 0.6 is 0 Å². The Balaban J connectivity index is 1.76. The van der Waals surface area contributed by atoms with Gasteiger partial charge in [0.25, 0.3) is 0 Å². The first-order valence-corrected chi connectivity index (χ1v) is 10.6. The Morgan fingerprint density at radius 2 is 1.63 bits per heavy atom. The Hall–Kier alpha value is -1.59. The van der Waals surface area contributed by atoms with Crippen molar-refractivity contribution in [2.45, 2.75) is 84.1 Å². The van der Waals surface area contributed by atoms with Gasteiger partial charge in [-0.25, -0.2) is 0 Å². The summed E-state index contributed by atoms with van der Waals surface area (Å²) in [6.45, 7) is 4.22. The average Bonchev–Trinajstić information content (AvgIpc) is 2.61. The van der Waals surface area contributed by atoms with Crippen LogP contribution < -0.4 is 5.32 Å². The van der Waals surface area contributed by atoms with Crippen LogP contribution in [-0.2, 0) is 14.4 Å². The van der Waals surface area contributed by atoms with Gasteiger partial charge in [-0.1, -0.05) is 33.1 Å². The van der Waals surface area contributed by atoms with E-state index in [0.717, 1.165) is 25.7 Å². The first kappa shape index (κ1) is 21.7. The summed E-state index contributed by atoms with van der Waals surface area (Å²) in [5, 5.41) is 12.2. The lowest BCUT2D eigenvalue weighted by molar-refractivity contribution is -0.147. The molecule has 0 aliphatic heterocycles. The molecule has 2 saturated carbocycles. The van der Waals surface area contributed by atoms with Crippen molar-refractivity contribution in [2.75, 3.05) is 13.1 Å². The third-order valence-corrected chi connectivity index (χ3v) is 5.86. The van der Waals surface area contributed by atoms with Gasteiger partial charge in [0.05, 0.1) is 0 Å². The number of hydrogen-bond acceptors (Lipinski definition) is 3. The van der Waals surface area contributed by atoms with Gasteiger partial charge in [-0.05, 0) is 50.4 Å². The van der Waals surface area contributed by atoms with Gasteiger partial charge in [0, 0.05) is 24.9 Å². The van der Waals surface area contributed by atoms with Crippen molar-refractivity contribution in [1.82, 2.24) is 10.2 Å². The van der Waals surface area contributed by atoms with Crippen LogP contribution in [0.15, 0.2) is 0 Å². The summed E-state index contributed by atoms with van der Waals surface area (Å²) in [6.07, 6.45) is 9.82.